The lowest BCUT2D eigenvalue weighted by molar-refractivity contribution is -0.158. The summed E-state index contributed by atoms with van der Waals surface area (Å²) < 4.78 is 5.09. The Balaban J connectivity index is 1.99. The molecule has 0 spiro atoms. The first-order valence-electron chi connectivity index (χ1n) is 7.33. The molecule has 2 heteroatoms. The second-order valence-corrected chi connectivity index (χ2v) is 6.25. The van der Waals surface area contributed by atoms with Gasteiger partial charge in [-0.3, -0.25) is 4.79 Å². The van der Waals surface area contributed by atoms with E-state index in [1.807, 2.05) is 0 Å². The van der Waals surface area contributed by atoms with Gasteiger partial charge in [0.05, 0.1) is 12.5 Å². The van der Waals surface area contributed by atoms with Crippen LogP contribution in [-0.4, -0.2) is 13.1 Å². The molecule has 3 atom stereocenters. The van der Waals surface area contributed by atoms with E-state index in [2.05, 4.69) is 31.2 Å². The molecule has 19 heavy (non-hydrogen) atoms. The standard InChI is InChI=1S/C17H22O2/c1-17(16(18)19-2)11-5-8-14-13-7-4-3-6-12(13)9-10-15(14)17/h3-4,6-7,14-15H,5,8-11H2,1-2H3/t14-,15-,17+/m1/s1. The maximum Gasteiger partial charge on any atom is 0.311 e. The summed E-state index contributed by atoms with van der Waals surface area (Å²) in [5.74, 6) is 0.980. The van der Waals surface area contributed by atoms with Crippen LogP contribution in [0.4, 0.5) is 0 Å². The number of fused-ring (bicyclic) bond motifs is 3. The van der Waals surface area contributed by atoms with Crippen molar-refractivity contribution >= 4 is 5.97 Å². The SMILES string of the molecule is COC(=O)[C@@]1(C)CCC[C@@H]2c3ccccc3CC[C@H]21. The molecule has 3 rings (SSSR count). The van der Waals surface area contributed by atoms with E-state index in [-0.39, 0.29) is 11.4 Å². The van der Waals surface area contributed by atoms with Crippen molar-refractivity contribution in [2.24, 2.45) is 11.3 Å². The van der Waals surface area contributed by atoms with Gasteiger partial charge >= 0.3 is 5.97 Å². The Kier molecular flexibility index (Phi) is 3.12. The monoisotopic (exact) mass is 258 g/mol. The first-order chi connectivity index (χ1) is 9.16. The lowest BCUT2D eigenvalue weighted by Gasteiger charge is -2.47. The number of carbonyl (C=O) groups is 1. The lowest BCUT2D eigenvalue weighted by Crippen LogP contribution is -2.44. The summed E-state index contributed by atoms with van der Waals surface area (Å²) >= 11 is 0. The van der Waals surface area contributed by atoms with Gasteiger partial charge in [0.2, 0.25) is 0 Å². The summed E-state index contributed by atoms with van der Waals surface area (Å²) in [6.07, 6.45) is 5.54. The van der Waals surface area contributed by atoms with Crippen LogP contribution < -0.4 is 0 Å². The molecular weight excluding hydrogens is 236 g/mol. The van der Waals surface area contributed by atoms with E-state index in [1.165, 1.54) is 24.7 Å². The third kappa shape index (κ3) is 1.89. The topological polar surface area (TPSA) is 26.3 Å². The number of benzene rings is 1. The van der Waals surface area contributed by atoms with Crippen molar-refractivity contribution in [3.8, 4) is 0 Å². The summed E-state index contributed by atoms with van der Waals surface area (Å²) in [7, 11) is 1.52. The maximum atomic E-state index is 12.2. The van der Waals surface area contributed by atoms with E-state index in [4.69, 9.17) is 4.74 Å². The van der Waals surface area contributed by atoms with Crippen LogP contribution in [0.5, 0.6) is 0 Å². The third-order valence-corrected chi connectivity index (χ3v) is 5.35. The average Bonchev–Trinajstić information content (AvgIpc) is 2.46. The van der Waals surface area contributed by atoms with Gasteiger partial charge in [-0.15, -0.1) is 0 Å². The number of hydrogen-bond acceptors (Lipinski definition) is 2. The Morgan fingerprint density at radius 3 is 2.89 bits per heavy atom. The largest absolute Gasteiger partial charge is 0.469 e. The van der Waals surface area contributed by atoms with E-state index in [0.29, 0.717) is 11.8 Å². The lowest BCUT2D eigenvalue weighted by atomic mass is 9.57. The van der Waals surface area contributed by atoms with Crippen molar-refractivity contribution in [3.63, 3.8) is 0 Å². The van der Waals surface area contributed by atoms with E-state index >= 15 is 0 Å². The molecule has 0 aliphatic heterocycles. The predicted molar refractivity (Wildman–Crippen MR) is 75.0 cm³/mol. The Labute approximate surface area is 115 Å². The van der Waals surface area contributed by atoms with Crippen molar-refractivity contribution in [3.05, 3.63) is 35.4 Å². The second kappa shape index (κ2) is 4.66. The number of hydrogen-bond donors (Lipinski definition) is 0. The molecule has 0 heterocycles. The van der Waals surface area contributed by atoms with Gasteiger partial charge in [-0.05, 0) is 55.6 Å². The summed E-state index contributed by atoms with van der Waals surface area (Å²) in [5, 5.41) is 0. The quantitative estimate of drug-likeness (QED) is 0.718. The highest BCUT2D eigenvalue weighted by atomic mass is 16.5. The van der Waals surface area contributed by atoms with Crippen molar-refractivity contribution in [1.82, 2.24) is 0 Å². The molecule has 0 radical (unpaired) electrons. The molecule has 0 saturated heterocycles. The highest BCUT2D eigenvalue weighted by molar-refractivity contribution is 5.77. The molecule has 0 unspecified atom stereocenters. The number of carbonyl (C=O) groups excluding carboxylic acids is 1. The molecule has 1 aromatic carbocycles. The second-order valence-electron chi connectivity index (χ2n) is 6.25. The molecule has 2 aliphatic rings. The summed E-state index contributed by atoms with van der Waals surface area (Å²) in [5.41, 5.74) is 2.68. The molecule has 1 fully saturated rings. The van der Waals surface area contributed by atoms with Crippen molar-refractivity contribution in [2.75, 3.05) is 7.11 Å². The van der Waals surface area contributed by atoms with Crippen LogP contribution >= 0.6 is 0 Å². The molecule has 1 saturated carbocycles. The number of esters is 1. The van der Waals surface area contributed by atoms with Gasteiger partial charge in [0.1, 0.15) is 0 Å². The minimum absolute atomic E-state index is 0.0124. The van der Waals surface area contributed by atoms with Crippen LogP contribution in [0.1, 0.15) is 49.7 Å². The molecule has 0 bridgehead atoms. The summed E-state index contributed by atoms with van der Waals surface area (Å²) in [6.45, 7) is 2.11. The maximum absolute atomic E-state index is 12.2. The van der Waals surface area contributed by atoms with Gasteiger partial charge < -0.3 is 4.74 Å². The smallest absolute Gasteiger partial charge is 0.311 e. The zero-order valence-electron chi connectivity index (χ0n) is 11.8. The molecule has 0 aromatic heterocycles. The highest BCUT2D eigenvalue weighted by Crippen LogP contribution is 2.54. The fourth-order valence-corrected chi connectivity index (χ4v) is 4.33. The summed E-state index contributed by atoms with van der Waals surface area (Å²) in [4.78, 5) is 12.2. The van der Waals surface area contributed by atoms with Gasteiger partial charge in [0, 0.05) is 0 Å². The highest BCUT2D eigenvalue weighted by Gasteiger charge is 2.49. The Hall–Kier alpha value is -1.31. The number of rotatable bonds is 1. The zero-order chi connectivity index (χ0) is 13.5. The van der Waals surface area contributed by atoms with Gasteiger partial charge in [0.25, 0.3) is 0 Å². The molecule has 2 aliphatic carbocycles. The Morgan fingerprint density at radius 2 is 2.11 bits per heavy atom. The van der Waals surface area contributed by atoms with Crippen LogP contribution in [0.2, 0.25) is 0 Å². The number of methoxy groups -OCH3 is 1. The third-order valence-electron chi connectivity index (χ3n) is 5.35. The van der Waals surface area contributed by atoms with Gasteiger partial charge in [0.15, 0.2) is 0 Å². The van der Waals surface area contributed by atoms with E-state index < -0.39 is 0 Å². The first kappa shape index (κ1) is 12.7. The van der Waals surface area contributed by atoms with Gasteiger partial charge in [-0.25, -0.2) is 0 Å². The van der Waals surface area contributed by atoms with Crippen molar-refractivity contribution in [2.45, 2.75) is 44.9 Å². The van der Waals surface area contributed by atoms with Crippen molar-refractivity contribution in [1.29, 1.82) is 0 Å². The molecule has 2 nitrogen and oxygen atoms in total. The van der Waals surface area contributed by atoms with Crippen LogP contribution in [0, 0.1) is 11.3 Å². The first-order valence-corrected chi connectivity index (χ1v) is 7.33. The fraction of sp³-hybridized carbons (Fsp3) is 0.588. The van der Waals surface area contributed by atoms with Crippen LogP contribution in [0.25, 0.3) is 0 Å². The van der Waals surface area contributed by atoms with Crippen LogP contribution in [-0.2, 0) is 16.0 Å². The Bertz CT molecular complexity index is 494. The fourth-order valence-electron chi connectivity index (χ4n) is 4.33. The molecule has 0 amide bonds. The Morgan fingerprint density at radius 1 is 1.32 bits per heavy atom. The zero-order valence-corrected chi connectivity index (χ0v) is 11.8. The van der Waals surface area contributed by atoms with E-state index in [0.717, 1.165) is 25.7 Å². The normalized spacial score (nSPS) is 33.2. The van der Waals surface area contributed by atoms with Crippen LogP contribution in [0.3, 0.4) is 0 Å². The van der Waals surface area contributed by atoms with Crippen molar-refractivity contribution < 1.29 is 9.53 Å². The number of aryl methyl sites for hydroxylation is 1. The number of ether oxygens (including phenoxy) is 1. The predicted octanol–water partition coefficient (Wildman–Crippen LogP) is 3.70. The average molecular weight is 258 g/mol. The van der Waals surface area contributed by atoms with Gasteiger partial charge in [-0.2, -0.15) is 0 Å². The van der Waals surface area contributed by atoms with E-state index in [1.54, 1.807) is 0 Å². The minimum Gasteiger partial charge on any atom is -0.469 e. The van der Waals surface area contributed by atoms with Gasteiger partial charge in [-0.1, -0.05) is 30.7 Å². The minimum atomic E-state index is -0.287. The van der Waals surface area contributed by atoms with E-state index in [9.17, 15) is 4.79 Å². The molecule has 1 aromatic rings. The molecule has 0 N–H and O–H groups in total. The molecular formula is C17H22O2. The molecule has 102 valence electrons. The van der Waals surface area contributed by atoms with Crippen LogP contribution in [0.15, 0.2) is 24.3 Å². The summed E-state index contributed by atoms with van der Waals surface area (Å²) in [6, 6.07) is 8.76.